The van der Waals surface area contributed by atoms with Gasteiger partial charge in [-0.05, 0) is 34.4 Å². The lowest BCUT2D eigenvalue weighted by molar-refractivity contribution is 0.125. The molecule has 0 atom stereocenters. The van der Waals surface area contributed by atoms with E-state index in [1.54, 1.807) is 7.11 Å². The largest absolute Gasteiger partial charge is 0.493 e. The minimum Gasteiger partial charge on any atom is -0.493 e. The normalized spacial score (nSPS) is 14.8. The van der Waals surface area contributed by atoms with Crippen LogP contribution in [-0.4, -0.2) is 30.0 Å². The second kappa shape index (κ2) is 11.2. The third kappa shape index (κ3) is 5.73. The number of methoxy groups -OCH3 is 1. The van der Waals surface area contributed by atoms with Gasteiger partial charge in [0.1, 0.15) is 6.61 Å². The highest BCUT2D eigenvalue weighted by atomic mass is 16.5. The van der Waals surface area contributed by atoms with E-state index in [1.165, 1.54) is 16.7 Å². The molecule has 1 fully saturated rings. The SMILES string of the molecule is COc1cc(C2N(Cc3ccccc3)CCN2Cc2ccccc2)ccc1OCc1ccccc1. The first-order valence-electron chi connectivity index (χ1n) is 12.2. The molecule has 0 aliphatic carbocycles. The monoisotopic (exact) mass is 464 g/mol. The van der Waals surface area contributed by atoms with Crippen LogP contribution in [0.5, 0.6) is 11.5 Å². The summed E-state index contributed by atoms with van der Waals surface area (Å²) in [7, 11) is 1.71. The average Bonchev–Trinajstić information content (AvgIpc) is 3.30. The summed E-state index contributed by atoms with van der Waals surface area (Å²) < 4.78 is 11.9. The van der Waals surface area contributed by atoms with Crippen LogP contribution in [0.3, 0.4) is 0 Å². The highest BCUT2D eigenvalue weighted by Crippen LogP contribution is 2.37. The lowest BCUT2D eigenvalue weighted by Gasteiger charge is -2.31. The Kier molecular flexibility index (Phi) is 7.42. The molecule has 4 aromatic rings. The number of rotatable bonds is 9. The lowest BCUT2D eigenvalue weighted by atomic mass is 10.1. The molecule has 0 saturated carbocycles. The van der Waals surface area contributed by atoms with Gasteiger partial charge in [0.2, 0.25) is 0 Å². The van der Waals surface area contributed by atoms with Crippen molar-refractivity contribution in [1.29, 1.82) is 0 Å². The van der Waals surface area contributed by atoms with Crippen molar-refractivity contribution in [3.8, 4) is 11.5 Å². The molecular formula is C31H32N2O2. The second-order valence-corrected chi connectivity index (χ2v) is 8.97. The Balaban J connectivity index is 1.40. The van der Waals surface area contributed by atoms with Crippen LogP contribution in [0.15, 0.2) is 109 Å². The van der Waals surface area contributed by atoms with Gasteiger partial charge >= 0.3 is 0 Å². The minimum atomic E-state index is 0.160. The van der Waals surface area contributed by atoms with Crippen molar-refractivity contribution in [1.82, 2.24) is 9.80 Å². The van der Waals surface area contributed by atoms with Crippen LogP contribution in [0, 0.1) is 0 Å². The van der Waals surface area contributed by atoms with Crippen molar-refractivity contribution >= 4 is 0 Å². The quantitative estimate of drug-likeness (QED) is 0.291. The maximum absolute atomic E-state index is 6.12. The number of hydrogen-bond donors (Lipinski definition) is 0. The lowest BCUT2D eigenvalue weighted by Crippen LogP contribution is -2.30. The highest BCUT2D eigenvalue weighted by molar-refractivity contribution is 5.44. The van der Waals surface area contributed by atoms with E-state index in [0.29, 0.717) is 6.61 Å². The van der Waals surface area contributed by atoms with Crippen LogP contribution >= 0.6 is 0 Å². The van der Waals surface area contributed by atoms with Gasteiger partial charge in [0, 0.05) is 26.2 Å². The van der Waals surface area contributed by atoms with E-state index in [-0.39, 0.29) is 6.17 Å². The van der Waals surface area contributed by atoms with Crippen LogP contribution in [0.1, 0.15) is 28.4 Å². The van der Waals surface area contributed by atoms with Crippen LogP contribution in [-0.2, 0) is 19.7 Å². The van der Waals surface area contributed by atoms with Crippen molar-refractivity contribution in [3.05, 3.63) is 131 Å². The highest BCUT2D eigenvalue weighted by Gasteiger charge is 2.33. The molecule has 4 heteroatoms. The van der Waals surface area contributed by atoms with Crippen LogP contribution in [0.4, 0.5) is 0 Å². The summed E-state index contributed by atoms with van der Waals surface area (Å²) in [6, 6.07) is 38.0. The molecule has 4 nitrogen and oxygen atoms in total. The van der Waals surface area contributed by atoms with Gasteiger partial charge in [0.25, 0.3) is 0 Å². The van der Waals surface area contributed by atoms with Crippen molar-refractivity contribution in [2.75, 3.05) is 20.2 Å². The molecule has 0 unspecified atom stereocenters. The predicted molar refractivity (Wildman–Crippen MR) is 140 cm³/mol. The van der Waals surface area contributed by atoms with Gasteiger partial charge in [-0.15, -0.1) is 0 Å². The van der Waals surface area contributed by atoms with Crippen molar-refractivity contribution in [2.24, 2.45) is 0 Å². The summed E-state index contributed by atoms with van der Waals surface area (Å²) >= 11 is 0. The van der Waals surface area contributed by atoms with Gasteiger partial charge in [-0.25, -0.2) is 0 Å². The number of benzene rings is 4. The van der Waals surface area contributed by atoms with E-state index in [2.05, 4.69) is 101 Å². The first kappa shape index (κ1) is 23.2. The molecule has 0 N–H and O–H groups in total. The molecule has 4 aromatic carbocycles. The number of nitrogens with zero attached hydrogens (tertiary/aromatic N) is 2. The van der Waals surface area contributed by atoms with Crippen LogP contribution < -0.4 is 9.47 Å². The van der Waals surface area contributed by atoms with Crippen LogP contribution in [0.25, 0.3) is 0 Å². The molecule has 0 spiro atoms. The van der Waals surface area contributed by atoms with E-state index in [9.17, 15) is 0 Å². The van der Waals surface area contributed by atoms with Gasteiger partial charge in [-0.1, -0.05) is 97.1 Å². The molecule has 0 amide bonds. The molecule has 178 valence electrons. The van der Waals surface area contributed by atoms with Gasteiger partial charge in [0.05, 0.1) is 13.3 Å². The van der Waals surface area contributed by atoms with E-state index in [1.807, 2.05) is 18.2 Å². The van der Waals surface area contributed by atoms with Crippen molar-refractivity contribution in [3.63, 3.8) is 0 Å². The maximum atomic E-state index is 6.12. The Morgan fingerprint density at radius 3 is 1.66 bits per heavy atom. The fraction of sp³-hybridized carbons (Fsp3) is 0.226. The molecule has 5 rings (SSSR count). The topological polar surface area (TPSA) is 24.9 Å². The molecular weight excluding hydrogens is 432 g/mol. The smallest absolute Gasteiger partial charge is 0.161 e. The Labute approximate surface area is 208 Å². The standard InChI is InChI=1S/C31H32N2O2/c1-34-30-21-28(17-18-29(30)35-24-27-15-9-4-10-16-27)31-32(22-25-11-5-2-6-12-25)19-20-33(31)23-26-13-7-3-8-14-26/h2-18,21,31H,19-20,22-24H2,1H3. The first-order valence-corrected chi connectivity index (χ1v) is 12.2. The Bertz CT molecular complexity index is 1150. The van der Waals surface area contributed by atoms with E-state index in [4.69, 9.17) is 9.47 Å². The zero-order chi connectivity index (χ0) is 23.9. The molecule has 1 heterocycles. The summed E-state index contributed by atoms with van der Waals surface area (Å²) in [4.78, 5) is 5.11. The third-order valence-corrected chi connectivity index (χ3v) is 6.55. The van der Waals surface area contributed by atoms with E-state index >= 15 is 0 Å². The fourth-order valence-electron chi connectivity index (χ4n) is 4.82. The Hall–Kier alpha value is -3.60. The molecule has 0 radical (unpaired) electrons. The van der Waals surface area contributed by atoms with Gasteiger partial charge in [0.15, 0.2) is 11.5 Å². The van der Waals surface area contributed by atoms with Crippen LogP contribution in [0.2, 0.25) is 0 Å². The molecule has 0 bridgehead atoms. The van der Waals surface area contributed by atoms with E-state index < -0.39 is 0 Å². The summed E-state index contributed by atoms with van der Waals surface area (Å²) in [6.07, 6.45) is 0.160. The molecule has 0 aromatic heterocycles. The van der Waals surface area contributed by atoms with Gasteiger partial charge < -0.3 is 9.47 Å². The van der Waals surface area contributed by atoms with Gasteiger partial charge in [-0.2, -0.15) is 0 Å². The summed E-state index contributed by atoms with van der Waals surface area (Å²) in [5, 5.41) is 0. The fourth-order valence-corrected chi connectivity index (χ4v) is 4.82. The predicted octanol–water partition coefficient (Wildman–Crippen LogP) is 6.29. The van der Waals surface area contributed by atoms with Crippen molar-refractivity contribution in [2.45, 2.75) is 25.9 Å². The third-order valence-electron chi connectivity index (χ3n) is 6.55. The average molecular weight is 465 g/mol. The zero-order valence-electron chi connectivity index (χ0n) is 20.2. The first-order chi connectivity index (χ1) is 17.3. The Morgan fingerprint density at radius 1 is 0.629 bits per heavy atom. The molecule has 35 heavy (non-hydrogen) atoms. The summed E-state index contributed by atoms with van der Waals surface area (Å²) in [5.74, 6) is 1.53. The molecule has 1 saturated heterocycles. The maximum Gasteiger partial charge on any atom is 0.161 e. The minimum absolute atomic E-state index is 0.160. The Morgan fingerprint density at radius 2 is 1.14 bits per heavy atom. The number of hydrogen-bond acceptors (Lipinski definition) is 4. The van der Waals surface area contributed by atoms with E-state index in [0.717, 1.165) is 43.2 Å². The zero-order valence-corrected chi connectivity index (χ0v) is 20.2. The number of ether oxygens (including phenoxy) is 2. The summed E-state index contributed by atoms with van der Waals surface area (Å²) in [5.41, 5.74) is 5.01. The molecule has 1 aliphatic rings. The van der Waals surface area contributed by atoms with Gasteiger partial charge in [-0.3, -0.25) is 9.80 Å². The summed E-state index contributed by atoms with van der Waals surface area (Å²) in [6.45, 7) is 4.36. The van der Waals surface area contributed by atoms with Crippen molar-refractivity contribution < 1.29 is 9.47 Å². The second-order valence-electron chi connectivity index (χ2n) is 8.97. The molecule has 1 aliphatic heterocycles.